The summed E-state index contributed by atoms with van der Waals surface area (Å²) < 4.78 is 1.74. The van der Waals surface area contributed by atoms with Crippen LogP contribution >= 0.6 is 0 Å². The number of hydroxylamine groups is 1. The molecule has 0 aliphatic rings. The third-order valence-electron chi connectivity index (χ3n) is 3.52. The van der Waals surface area contributed by atoms with Gasteiger partial charge in [-0.2, -0.15) is 5.10 Å². The first kappa shape index (κ1) is 14.9. The van der Waals surface area contributed by atoms with Crippen LogP contribution in [-0.4, -0.2) is 30.9 Å². The zero-order valence-electron chi connectivity index (χ0n) is 12.6. The van der Waals surface area contributed by atoms with E-state index < -0.39 is 5.91 Å². The van der Waals surface area contributed by atoms with Crippen molar-refractivity contribution in [3.63, 3.8) is 0 Å². The molecule has 2 aromatic heterocycles. The molecule has 0 bridgehead atoms. The predicted octanol–water partition coefficient (Wildman–Crippen LogP) is 0.904. The lowest BCUT2D eigenvalue weighted by Gasteiger charge is -2.06. The maximum atomic E-state index is 12.2. The maximum Gasteiger partial charge on any atom is 0.274 e. The molecular weight excluding hydrogens is 298 g/mol. The van der Waals surface area contributed by atoms with E-state index in [0.717, 1.165) is 11.4 Å². The summed E-state index contributed by atoms with van der Waals surface area (Å²) in [6.07, 6.45) is 0. The summed E-state index contributed by atoms with van der Waals surface area (Å²) in [5.74, 6) is -0.218. The maximum absolute atomic E-state index is 12.2. The molecule has 0 spiro atoms. The van der Waals surface area contributed by atoms with Crippen molar-refractivity contribution < 1.29 is 10.0 Å². The van der Waals surface area contributed by atoms with Crippen LogP contribution in [0.1, 0.15) is 27.6 Å². The van der Waals surface area contributed by atoms with Crippen LogP contribution in [0.25, 0.3) is 10.9 Å². The predicted molar refractivity (Wildman–Crippen MR) is 82.4 cm³/mol. The molecule has 3 rings (SSSR count). The van der Waals surface area contributed by atoms with Crippen molar-refractivity contribution in [2.24, 2.45) is 0 Å². The Balaban J connectivity index is 2.06. The molecule has 8 nitrogen and oxygen atoms in total. The molecular formula is C15H15N5O3. The number of aromatic nitrogens is 4. The Morgan fingerprint density at radius 2 is 2.13 bits per heavy atom. The number of nitrogens with one attached hydrogen (secondary N) is 2. The average molecular weight is 313 g/mol. The Morgan fingerprint density at radius 3 is 2.78 bits per heavy atom. The molecule has 0 saturated heterocycles. The van der Waals surface area contributed by atoms with Crippen molar-refractivity contribution in [3.8, 4) is 0 Å². The number of aryl methyl sites for hydroxylation is 2. The highest BCUT2D eigenvalue weighted by atomic mass is 16.5. The number of hydrogen-bond acceptors (Lipinski definition) is 5. The van der Waals surface area contributed by atoms with E-state index in [-0.39, 0.29) is 11.1 Å². The van der Waals surface area contributed by atoms with Gasteiger partial charge in [-0.05, 0) is 38.1 Å². The van der Waals surface area contributed by atoms with Crippen LogP contribution in [0.4, 0.5) is 0 Å². The fraction of sp³-hybridized carbons (Fsp3) is 0.200. The largest absolute Gasteiger partial charge is 0.308 e. The molecule has 8 heteroatoms. The second kappa shape index (κ2) is 5.65. The van der Waals surface area contributed by atoms with E-state index in [1.807, 2.05) is 19.9 Å². The minimum Gasteiger partial charge on any atom is -0.308 e. The van der Waals surface area contributed by atoms with Crippen molar-refractivity contribution in [1.82, 2.24) is 25.2 Å². The van der Waals surface area contributed by atoms with Gasteiger partial charge in [0, 0.05) is 11.3 Å². The van der Waals surface area contributed by atoms with Crippen LogP contribution in [0.5, 0.6) is 0 Å². The summed E-state index contributed by atoms with van der Waals surface area (Å²) in [7, 11) is 0. The lowest BCUT2D eigenvalue weighted by molar-refractivity contribution is 0.0706. The molecule has 2 heterocycles. The Labute approximate surface area is 130 Å². The number of hydrogen-bond donors (Lipinski definition) is 3. The summed E-state index contributed by atoms with van der Waals surface area (Å²) >= 11 is 0. The number of fused-ring (bicyclic) bond motifs is 1. The minimum absolute atomic E-state index is 0.218. The highest BCUT2D eigenvalue weighted by molar-refractivity contribution is 5.96. The Hall–Kier alpha value is -3.00. The van der Waals surface area contributed by atoms with Gasteiger partial charge < -0.3 is 4.98 Å². The summed E-state index contributed by atoms with van der Waals surface area (Å²) in [5.41, 5.74) is 3.71. The van der Waals surface area contributed by atoms with E-state index in [1.54, 1.807) is 10.2 Å². The molecule has 3 aromatic rings. The van der Waals surface area contributed by atoms with Gasteiger partial charge in [-0.15, -0.1) is 0 Å². The molecule has 1 aromatic carbocycles. The molecule has 1 amide bonds. The molecule has 0 unspecified atom stereocenters. The third-order valence-corrected chi connectivity index (χ3v) is 3.52. The molecule has 0 aliphatic carbocycles. The number of benzene rings is 1. The molecule has 0 radical (unpaired) electrons. The number of nitrogens with zero attached hydrogens (tertiary/aromatic N) is 3. The standard InChI is InChI=1S/C15H15N5O3/c1-8-5-9(2)20(18-8)7-13-16-12-6-10(14(21)19-23)3-4-11(12)15(22)17-13/h3-6,23H,7H2,1-2H3,(H,19,21)(H,16,17,22). The topological polar surface area (TPSA) is 113 Å². The van der Waals surface area contributed by atoms with Crippen molar-refractivity contribution in [2.75, 3.05) is 0 Å². The van der Waals surface area contributed by atoms with Crippen LogP contribution in [0.2, 0.25) is 0 Å². The van der Waals surface area contributed by atoms with Crippen molar-refractivity contribution in [1.29, 1.82) is 0 Å². The lowest BCUT2D eigenvalue weighted by Crippen LogP contribution is -2.19. The monoisotopic (exact) mass is 313 g/mol. The smallest absolute Gasteiger partial charge is 0.274 e. The quantitative estimate of drug-likeness (QED) is 0.491. The van der Waals surface area contributed by atoms with Crippen LogP contribution < -0.4 is 11.0 Å². The van der Waals surface area contributed by atoms with Gasteiger partial charge >= 0.3 is 0 Å². The second-order valence-corrected chi connectivity index (χ2v) is 5.27. The highest BCUT2D eigenvalue weighted by Crippen LogP contribution is 2.11. The zero-order chi connectivity index (χ0) is 16.6. The van der Waals surface area contributed by atoms with E-state index in [2.05, 4.69) is 15.1 Å². The number of H-pyrrole nitrogens is 1. The van der Waals surface area contributed by atoms with Gasteiger partial charge in [-0.1, -0.05) is 0 Å². The van der Waals surface area contributed by atoms with Gasteiger partial charge in [-0.3, -0.25) is 19.5 Å². The minimum atomic E-state index is -0.658. The average Bonchev–Trinajstić information content (AvgIpc) is 2.83. The third kappa shape index (κ3) is 2.84. The van der Waals surface area contributed by atoms with Crippen LogP contribution in [-0.2, 0) is 6.54 Å². The van der Waals surface area contributed by atoms with Crippen LogP contribution in [0.3, 0.4) is 0 Å². The van der Waals surface area contributed by atoms with Gasteiger partial charge in [0.25, 0.3) is 11.5 Å². The molecule has 118 valence electrons. The summed E-state index contributed by atoms with van der Waals surface area (Å²) in [5, 5.41) is 13.4. The molecule has 3 N–H and O–H groups in total. The Bertz CT molecular complexity index is 957. The molecule has 23 heavy (non-hydrogen) atoms. The van der Waals surface area contributed by atoms with E-state index in [4.69, 9.17) is 5.21 Å². The molecule has 0 fully saturated rings. The van der Waals surface area contributed by atoms with Crippen molar-refractivity contribution >= 4 is 16.8 Å². The Morgan fingerprint density at radius 1 is 1.35 bits per heavy atom. The number of aromatic amines is 1. The fourth-order valence-corrected chi connectivity index (χ4v) is 2.45. The first-order valence-electron chi connectivity index (χ1n) is 6.96. The number of rotatable bonds is 3. The zero-order valence-corrected chi connectivity index (χ0v) is 12.6. The number of carbonyl (C=O) groups is 1. The van der Waals surface area contributed by atoms with Gasteiger partial charge in [0.15, 0.2) is 0 Å². The SMILES string of the molecule is Cc1cc(C)n(Cc2nc3cc(C(=O)NO)ccc3c(=O)[nH]2)n1. The van der Waals surface area contributed by atoms with Crippen LogP contribution in [0.15, 0.2) is 29.1 Å². The highest BCUT2D eigenvalue weighted by Gasteiger charge is 2.10. The molecule has 0 saturated carbocycles. The van der Waals surface area contributed by atoms with Crippen molar-refractivity contribution in [2.45, 2.75) is 20.4 Å². The summed E-state index contributed by atoms with van der Waals surface area (Å²) in [6.45, 7) is 4.13. The first-order chi connectivity index (χ1) is 11.0. The van der Waals surface area contributed by atoms with E-state index in [1.165, 1.54) is 18.2 Å². The van der Waals surface area contributed by atoms with Gasteiger partial charge in [-0.25, -0.2) is 10.5 Å². The number of carbonyl (C=O) groups excluding carboxylic acids is 1. The van der Waals surface area contributed by atoms with E-state index in [9.17, 15) is 9.59 Å². The van der Waals surface area contributed by atoms with Crippen molar-refractivity contribution in [3.05, 3.63) is 57.4 Å². The van der Waals surface area contributed by atoms with Gasteiger partial charge in [0.1, 0.15) is 5.82 Å². The normalized spacial score (nSPS) is 10.9. The van der Waals surface area contributed by atoms with Gasteiger partial charge in [0.2, 0.25) is 0 Å². The fourth-order valence-electron chi connectivity index (χ4n) is 2.45. The lowest BCUT2D eigenvalue weighted by atomic mass is 10.1. The Kier molecular flexibility index (Phi) is 3.67. The summed E-state index contributed by atoms with van der Waals surface area (Å²) in [6, 6.07) is 6.34. The van der Waals surface area contributed by atoms with E-state index in [0.29, 0.717) is 23.3 Å². The van der Waals surface area contributed by atoms with E-state index >= 15 is 0 Å². The molecule has 0 aliphatic heterocycles. The number of amides is 1. The van der Waals surface area contributed by atoms with Crippen LogP contribution in [0, 0.1) is 13.8 Å². The first-order valence-corrected chi connectivity index (χ1v) is 6.96. The summed E-state index contributed by atoms with van der Waals surface area (Å²) in [4.78, 5) is 30.7. The van der Waals surface area contributed by atoms with Gasteiger partial charge in [0.05, 0.1) is 23.1 Å². The second-order valence-electron chi connectivity index (χ2n) is 5.27. The molecule has 0 atom stereocenters.